The van der Waals surface area contributed by atoms with E-state index in [0.717, 1.165) is 41.4 Å². The Labute approximate surface area is 199 Å². The molecule has 5 rings (SSSR count). The fourth-order valence-electron chi connectivity index (χ4n) is 5.64. The number of hydrogen-bond donors (Lipinski definition) is 1. The van der Waals surface area contributed by atoms with Crippen molar-refractivity contribution in [2.24, 2.45) is 0 Å². The van der Waals surface area contributed by atoms with Crippen LogP contribution in [0.1, 0.15) is 44.6 Å². The van der Waals surface area contributed by atoms with E-state index in [1.807, 2.05) is 42.5 Å². The first-order valence-electron chi connectivity index (χ1n) is 11.8. The minimum Gasteiger partial charge on any atom is -0.334 e. The zero-order valence-electron chi connectivity index (χ0n) is 19.2. The highest BCUT2D eigenvalue weighted by Gasteiger charge is 2.50. The monoisotopic (exact) mass is 483 g/mol. The third-order valence-electron chi connectivity index (χ3n) is 7.50. The Morgan fingerprint density at radius 2 is 1.76 bits per heavy atom. The van der Waals surface area contributed by atoms with E-state index in [1.165, 1.54) is 0 Å². The third-order valence-corrected chi connectivity index (χ3v) is 9.25. The number of nitrogens with one attached hydrogen (secondary N) is 1. The molecular formula is C25H29N3O5S. The number of sulfone groups is 1. The van der Waals surface area contributed by atoms with Gasteiger partial charge in [0.1, 0.15) is 12.1 Å². The normalized spacial score (nSPS) is 26.9. The van der Waals surface area contributed by atoms with Gasteiger partial charge >= 0.3 is 6.03 Å². The van der Waals surface area contributed by atoms with Crippen LogP contribution < -0.4 is 5.32 Å². The standard InChI is InChI=1S/C25H29N3O5S/c1-25(19-11-10-17-6-2-3-7-18(17)14-19)23(30)27(24(31)26-25)15-22(29)28(20-8-4-5-9-20)21-12-13-34(32,33)16-21/h2-3,6-7,10-11,14,20-21H,4-5,8-9,12-13,15-16H2,1H3,(H,26,31)/t21-,25+/m0/s1. The Balaban J connectivity index is 1.39. The summed E-state index contributed by atoms with van der Waals surface area (Å²) in [6, 6.07) is 12.3. The van der Waals surface area contributed by atoms with Gasteiger partial charge in [-0.3, -0.25) is 14.5 Å². The van der Waals surface area contributed by atoms with E-state index in [-0.39, 0.29) is 30.0 Å². The van der Waals surface area contributed by atoms with Gasteiger partial charge in [0.05, 0.1) is 11.5 Å². The van der Waals surface area contributed by atoms with Crippen LogP contribution in [0.2, 0.25) is 0 Å². The van der Waals surface area contributed by atoms with Crippen LogP contribution >= 0.6 is 0 Å². The van der Waals surface area contributed by atoms with Crippen molar-refractivity contribution in [3.05, 3.63) is 48.0 Å². The molecular weight excluding hydrogens is 454 g/mol. The lowest BCUT2D eigenvalue weighted by molar-refractivity contribution is -0.141. The number of fused-ring (bicyclic) bond motifs is 1. The Morgan fingerprint density at radius 1 is 1.06 bits per heavy atom. The molecule has 0 spiro atoms. The quantitative estimate of drug-likeness (QED) is 0.659. The number of carbonyl (C=O) groups excluding carboxylic acids is 3. The second kappa shape index (κ2) is 8.37. The van der Waals surface area contributed by atoms with Gasteiger partial charge < -0.3 is 10.2 Å². The largest absolute Gasteiger partial charge is 0.334 e. The van der Waals surface area contributed by atoms with Crippen LogP contribution in [0.25, 0.3) is 10.8 Å². The maximum atomic E-state index is 13.5. The van der Waals surface area contributed by atoms with Gasteiger partial charge in [0, 0.05) is 12.1 Å². The minimum absolute atomic E-state index is 0.0431. The molecule has 1 aliphatic carbocycles. The van der Waals surface area contributed by atoms with Gasteiger partial charge in [0.15, 0.2) is 9.84 Å². The summed E-state index contributed by atoms with van der Waals surface area (Å²) >= 11 is 0. The van der Waals surface area contributed by atoms with Crippen molar-refractivity contribution >= 4 is 38.5 Å². The molecule has 4 amide bonds. The number of benzene rings is 2. The zero-order valence-corrected chi connectivity index (χ0v) is 20.0. The first-order valence-corrected chi connectivity index (χ1v) is 13.6. The van der Waals surface area contributed by atoms with E-state index >= 15 is 0 Å². The van der Waals surface area contributed by atoms with Gasteiger partial charge in [-0.1, -0.05) is 49.2 Å². The average molecular weight is 484 g/mol. The van der Waals surface area contributed by atoms with Crippen LogP contribution in [0.5, 0.6) is 0 Å². The molecule has 1 N–H and O–H groups in total. The van der Waals surface area contributed by atoms with Crippen LogP contribution in [0.15, 0.2) is 42.5 Å². The summed E-state index contributed by atoms with van der Waals surface area (Å²) in [5.41, 5.74) is -0.634. The minimum atomic E-state index is -3.18. The van der Waals surface area contributed by atoms with E-state index < -0.39 is 33.4 Å². The van der Waals surface area contributed by atoms with Gasteiger partial charge in [-0.05, 0) is 48.6 Å². The number of amides is 4. The Bertz CT molecular complexity index is 1270. The van der Waals surface area contributed by atoms with Crippen molar-refractivity contribution in [2.45, 2.75) is 56.7 Å². The molecule has 34 heavy (non-hydrogen) atoms. The van der Waals surface area contributed by atoms with Crippen molar-refractivity contribution in [1.82, 2.24) is 15.1 Å². The highest BCUT2D eigenvalue weighted by Crippen LogP contribution is 2.33. The Morgan fingerprint density at radius 3 is 2.44 bits per heavy atom. The summed E-state index contributed by atoms with van der Waals surface area (Å²) in [6.45, 7) is 1.26. The number of urea groups is 1. The molecule has 0 unspecified atom stereocenters. The van der Waals surface area contributed by atoms with Crippen LogP contribution in [0.4, 0.5) is 4.79 Å². The van der Waals surface area contributed by atoms with Gasteiger partial charge in [0.2, 0.25) is 5.91 Å². The molecule has 0 radical (unpaired) electrons. The van der Waals surface area contributed by atoms with Crippen LogP contribution in [0, 0.1) is 0 Å². The SMILES string of the molecule is C[C@]1(c2ccc3ccccc3c2)NC(=O)N(CC(=O)N(C2CCCC2)[C@H]2CCS(=O)(=O)C2)C1=O. The van der Waals surface area contributed by atoms with Gasteiger partial charge in [-0.2, -0.15) is 0 Å². The topological polar surface area (TPSA) is 104 Å². The van der Waals surface area contributed by atoms with E-state index in [1.54, 1.807) is 11.8 Å². The van der Waals surface area contributed by atoms with E-state index in [4.69, 9.17) is 0 Å². The third kappa shape index (κ3) is 3.96. The first-order chi connectivity index (χ1) is 16.2. The summed E-state index contributed by atoms with van der Waals surface area (Å²) in [7, 11) is -3.18. The number of nitrogens with zero attached hydrogens (tertiary/aromatic N) is 2. The Kier molecular flexibility index (Phi) is 5.62. The van der Waals surface area contributed by atoms with Crippen molar-refractivity contribution in [1.29, 1.82) is 0 Å². The maximum Gasteiger partial charge on any atom is 0.325 e. The predicted octanol–water partition coefficient (Wildman–Crippen LogP) is 2.57. The first kappa shape index (κ1) is 22.8. The molecule has 2 heterocycles. The molecule has 2 saturated heterocycles. The lowest BCUT2D eigenvalue weighted by atomic mass is 9.90. The van der Waals surface area contributed by atoms with E-state index in [0.29, 0.717) is 12.0 Å². The fourth-order valence-corrected chi connectivity index (χ4v) is 7.35. The molecule has 3 fully saturated rings. The fraction of sp³-hybridized carbons (Fsp3) is 0.480. The summed E-state index contributed by atoms with van der Waals surface area (Å²) in [5.74, 6) is -0.826. The smallest absolute Gasteiger partial charge is 0.325 e. The number of imide groups is 1. The highest BCUT2D eigenvalue weighted by atomic mass is 32.2. The van der Waals surface area contributed by atoms with Crippen LogP contribution in [0.3, 0.4) is 0 Å². The van der Waals surface area contributed by atoms with Crippen molar-refractivity contribution in [2.75, 3.05) is 18.1 Å². The average Bonchev–Trinajstić information content (AvgIpc) is 3.50. The lowest BCUT2D eigenvalue weighted by Crippen LogP contribution is -2.51. The van der Waals surface area contributed by atoms with Gasteiger partial charge in [-0.15, -0.1) is 0 Å². The number of carbonyl (C=O) groups is 3. The molecule has 2 aromatic carbocycles. The van der Waals surface area contributed by atoms with Gasteiger partial charge in [0.25, 0.3) is 5.91 Å². The van der Waals surface area contributed by atoms with E-state index in [2.05, 4.69) is 5.32 Å². The van der Waals surface area contributed by atoms with Crippen LogP contribution in [-0.2, 0) is 25.0 Å². The molecule has 180 valence electrons. The molecule has 2 aromatic rings. The summed E-state index contributed by atoms with van der Waals surface area (Å²) in [5, 5.41) is 4.76. The summed E-state index contributed by atoms with van der Waals surface area (Å²) < 4.78 is 24.2. The molecule has 2 aliphatic heterocycles. The summed E-state index contributed by atoms with van der Waals surface area (Å²) in [4.78, 5) is 42.4. The maximum absolute atomic E-state index is 13.5. The van der Waals surface area contributed by atoms with Crippen molar-refractivity contribution < 1.29 is 22.8 Å². The van der Waals surface area contributed by atoms with Crippen LogP contribution in [-0.4, -0.2) is 66.2 Å². The number of rotatable bonds is 5. The summed E-state index contributed by atoms with van der Waals surface area (Å²) in [6.07, 6.45) is 4.00. The zero-order chi connectivity index (χ0) is 24.1. The molecule has 1 saturated carbocycles. The lowest BCUT2D eigenvalue weighted by Gasteiger charge is -2.35. The Hall–Kier alpha value is -2.94. The molecule has 9 heteroatoms. The van der Waals surface area contributed by atoms with Gasteiger partial charge in [-0.25, -0.2) is 13.2 Å². The molecule has 0 bridgehead atoms. The van der Waals surface area contributed by atoms with Crippen molar-refractivity contribution in [3.63, 3.8) is 0 Å². The molecule has 3 aliphatic rings. The molecule has 8 nitrogen and oxygen atoms in total. The molecule has 2 atom stereocenters. The second-order valence-electron chi connectivity index (χ2n) is 9.80. The highest BCUT2D eigenvalue weighted by molar-refractivity contribution is 7.91. The van der Waals surface area contributed by atoms with E-state index in [9.17, 15) is 22.8 Å². The van der Waals surface area contributed by atoms with Crippen molar-refractivity contribution in [3.8, 4) is 0 Å². The second-order valence-corrected chi connectivity index (χ2v) is 12.0. The number of hydrogen-bond acceptors (Lipinski definition) is 5. The predicted molar refractivity (Wildman–Crippen MR) is 128 cm³/mol. The molecule has 0 aromatic heterocycles.